The van der Waals surface area contributed by atoms with E-state index >= 15 is 0 Å². The summed E-state index contributed by atoms with van der Waals surface area (Å²) in [5.74, 6) is 2.90. The fourth-order valence-electron chi connectivity index (χ4n) is 4.05. The fraction of sp³-hybridized carbons (Fsp3) is 0.269. The van der Waals surface area contributed by atoms with E-state index in [1.165, 1.54) is 5.56 Å². The summed E-state index contributed by atoms with van der Waals surface area (Å²) in [6.07, 6.45) is 0.805. The van der Waals surface area contributed by atoms with Crippen LogP contribution in [0.4, 0.5) is 5.69 Å². The number of hydrogen-bond donors (Lipinski definition) is 1. The lowest BCUT2D eigenvalue weighted by Crippen LogP contribution is -2.44. The molecule has 34 heavy (non-hydrogen) atoms. The summed E-state index contributed by atoms with van der Waals surface area (Å²) in [4.78, 5) is 2.14. The van der Waals surface area contributed by atoms with E-state index in [9.17, 15) is 0 Å². The third-order valence-corrected chi connectivity index (χ3v) is 6.51. The van der Waals surface area contributed by atoms with Crippen molar-refractivity contribution in [3.8, 4) is 23.0 Å². The molecule has 1 unspecified atom stereocenters. The van der Waals surface area contributed by atoms with Gasteiger partial charge in [0.15, 0.2) is 16.6 Å². The quantitative estimate of drug-likeness (QED) is 0.417. The highest BCUT2D eigenvalue weighted by molar-refractivity contribution is 7.80. The van der Waals surface area contributed by atoms with E-state index in [1.54, 1.807) is 21.3 Å². The van der Waals surface area contributed by atoms with Crippen LogP contribution in [-0.2, 0) is 6.42 Å². The van der Waals surface area contributed by atoms with Gasteiger partial charge in [-0.2, -0.15) is 0 Å². The van der Waals surface area contributed by atoms with Crippen LogP contribution in [0.15, 0.2) is 60.7 Å². The van der Waals surface area contributed by atoms with Gasteiger partial charge in [-0.15, -0.1) is 0 Å². The van der Waals surface area contributed by atoms with Gasteiger partial charge in [-0.3, -0.25) is 0 Å². The van der Waals surface area contributed by atoms with Crippen molar-refractivity contribution < 1.29 is 18.9 Å². The third kappa shape index (κ3) is 5.16. The number of fused-ring (bicyclic) bond motifs is 1. The summed E-state index contributed by atoms with van der Waals surface area (Å²) >= 11 is 12.2. The van der Waals surface area contributed by atoms with Crippen LogP contribution < -0.4 is 24.3 Å². The summed E-state index contributed by atoms with van der Waals surface area (Å²) < 4.78 is 22.6. The maximum absolute atomic E-state index is 6.36. The van der Waals surface area contributed by atoms with Crippen LogP contribution in [0.2, 0.25) is 5.02 Å². The molecule has 0 saturated heterocycles. The molecular formula is C26H27ClN2O4S. The van der Waals surface area contributed by atoms with Crippen LogP contribution in [0.5, 0.6) is 23.0 Å². The number of nitrogens with one attached hydrogen (secondary N) is 1. The first kappa shape index (κ1) is 24.0. The van der Waals surface area contributed by atoms with Gasteiger partial charge in [-0.05, 0) is 78.3 Å². The van der Waals surface area contributed by atoms with Gasteiger partial charge in [0.25, 0.3) is 0 Å². The molecule has 0 bridgehead atoms. The van der Waals surface area contributed by atoms with Crippen LogP contribution in [0.3, 0.4) is 0 Å². The molecule has 0 spiro atoms. The highest BCUT2D eigenvalue weighted by Crippen LogP contribution is 2.39. The van der Waals surface area contributed by atoms with E-state index in [2.05, 4.69) is 10.2 Å². The molecule has 6 nitrogen and oxygen atoms in total. The maximum Gasteiger partial charge on any atom is 0.174 e. The van der Waals surface area contributed by atoms with Crippen molar-refractivity contribution in [1.82, 2.24) is 4.90 Å². The Labute approximate surface area is 210 Å². The number of nitrogens with zero attached hydrogens (tertiary/aromatic N) is 1. The Hall–Kier alpha value is -3.16. The fourth-order valence-corrected chi connectivity index (χ4v) is 4.56. The largest absolute Gasteiger partial charge is 0.497 e. The molecule has 4 rings (SSSR count). The molecule has 1 N–H and O–H groups in total. The number of para-hydroxylation sites is 1. The van der Waals surface area contributed by atoms with Crippen molar-refractivity contribution in [3.05, 3.63) is 76.8 Å². The average Bonchev–Trinajstić information content (AvgIpc) is 2.87. The predicted molar refractivity (Wildman–Crippen MR) is 139 cm³/mol. The lowest BCUT2D eigenvalue weighted by atomic mass is 9.92. The molecule has 1 aliphatic rings. The highest BCUT2D eigenvalue weighted by Gasteiger charge is 2.31. The minimum absolute atomic E-state index is 0.145. The SMILES string of the molecule is COc1ccc(OCC2c3cc(OC)c(OC)cc3CCN2C(=S)Nc2ccccc2Cl)cc1. The number of ether oxygens (including phenoxy) is 4. The molecule has 0 amide bonds. The van der Waals surface area contributed by atoms with Crippen LogP contribution in [0.25, 0.3) is 0 Å². The second kappa shape index (κ2) is 10.8. The second-order valence-electron chi connectivity index (χ2n) is 7.76. The first-order chi connectivity index (χ1) is 16.5. The molecule has 178 valence electrons. The Balaban J connectivity index is 1.64. The molecule has 3 aromatic carbocycles. The Kier molecular flexibility index (Phi) is 7.65. The van der Waals surface area contributed by atoms with Crippen molar-refractivity contribution in [1.29, 1.82) is 0 Å². The standard InChI is InChI=1S/C26H27ClN2O4S/c1-30-18-8-10-19(11-9-18)33-16-23-20-15-25(32-3)24(31-2)14-17(20)12-13-29(23)26(34)28-22-7-5-4-6-21(22)27/h4-11,14-15,23H,12-13,16H2,1-3H3,(H,28,34). The Bertz CT molecular complexity index is 1160. The van der Waals surface area contributed by atoms with Crippen molar-refractivity contribution in [3.63, 3.8) is 0 Å². The second-order valence-corrected chi connectivity index (χ2v) is 8.56. The van der Waals surface area contributed by atoms with Crippen molar-refractivity contribution >= 4 is 34.6 Å². The van der Waals surface area contributed by atoms with Gasteiger partial charge in [0, 0.05) is 6.54 Å². The highest BCUT2D eigenvalue weighted by atomic mass is 35.5. The van der Waals surface area contributed by atoms with Gasteiger partial charge in [0.1, 0.15) is 18.1 Å². The Morgan fingerprint density at radius 1 is 0.971 bits per heavy atom. The topological polar surface area (TPSA) is 52.2 Å². The van der Waals surface area contributed by atoms with Crippen molar-refractivity contribution in [2.24, 2.45) is 0 Å². The van der Waals surface area contributed by atoms with Crippen LogP contribution in [0.1, 0.15) is 17.2 Å². The zero-order valence-corrected chi connectivity index (χ0v) is 20.9. The lowest BCUT2D eigenvalue weighted by molar-refractivity contribution is 0.190. The number of rotatable bonds is 7. The van der Waals surface area contributed by atoms with E-state index in [4.69, 9.17) is 42.8 Å². The summed E-state index contributed by atoms with van der Waals surface area (Å²) in [5, 5.41) is 4.49. The summed E-state index contributed by atoms with van der Waals surface area (Å²) in [6.45, 7) is 1.11. The van der Waals surface area contributed by atoms with Gasteiger partial charge in [0.2, 0.25) is 0 Å². The Morgan fingerprint density at radius 2 is 1.65 bits per heavy atom. The van der Waals surface area contributed by atoms with E-state index in [-0.39, 0.29) is 6.04 Å². The monoisotopic (exact) mass is 498 g/mol. The predicted octanol–water partition coefficient (Wildman–Crippen LogP) is 5.74. The van der Waals surface area contributed by atoms with Gasteiger partial charge >= 0.3 is 0 Å². The summed E-state index contributed by atoms with van der Waals surface area (Å²) in [5.41, 5.74) is 3.03. The molecular weight excluding hydrogens is 472 g/mol. The van der Waals surface area contributed by atoms with E-state index in [0.717, 1.165) is 35.7 Å². The summed E-state index contributed by atoms with van der Waals surface area (Å²) in [7, 11) is 4.92. The maximum atomic E-state index is 6.36. The normalized spacial score (nSPS) is 14.7. The molecule has 3 aromatic rings. The number of halogens is 1. The molecule has 0 radical (unpaired) electrons. The van der Waals surface area contributed by atoms with E-state index < -0.39 is 0 Å². The van der Waals surface area contributed by atoms with Crippen molar-refractivity contribution in [2.75, 3.05) is 39.8 Å². The van der Waals surface area contributed by atoms with Crippen LogP contribution in [0, 0.1) is 0 Å². The Morgan fingerprint density at radius 3 is 2.32 bits per heavy atom. The smallest absolute Gasteiger partial charge is 0.174 e. The molecule has 0 aromatic heterocycles. The van der Waals surface area contributed by atoms with E-state index in [1.807, 2.05) is 60.7 Å². The average molecular weight is 499 g/mol. The third-order valence-electron chi connectivity index (χ3n) is 5.85. The van der Waals surface area contributed by atoms with Crippen LogP contribution >= 0.6 is 23.8 Å². The molecule has 1 atom stereocenters. The zero-order valence-electron chi connectivity index (χ0n) is 19.3. The minimum atomic E-state index is -0.145. The first-order valence-electron chi connectivity index (χ1n) is 10.9. The van der Waals surface area contributed by atoms with Gasteiger partial charge in [0.05, 0.1) is 38.1 Å². The molecule has 0 fully saturated rings. The number of anilines is 1. The van der Waals surface area contributed by atoms with Gasteiger partial charge < -0.3 is 29.2 Å². The first-order valence-corrected chi connectivity index (χ1v) is 11.7. The molecule has 1 aliphatic heterocycles. The van der Waals surface area contributed by atoms with Gasteiger partial charge in [-0.1, -0.05) is 23.7 Å². The minimum Gasteiger partial charge on any atom is -0.497 e. The van der Waals surface area contributed by atoms with Crippen molar-refractivity contribution in [2.45, 2.75) is 12.5 Å². The number of methoxy groups -OCH3 is 3. The number of thiocarbonyl (C=S) groups is 1. The lowest BCUT2D eigenvalue weighted by Gasteiger charge is -2.39. The number of benzene rings is 3. The van der Waals surface area contributed by atoms with Crippen LogP contribution in [-0.4, -0.2) is 44.5 Å². The zero-order chi connectivity index (χ0) is 24.1. The molecule has 8 heteroatoms. The van der Waals surface area contributed by atoms with Gasteiger partial charge in [-0.25, -0.2) is 0 Å². The van der Waals surface area contributed by atoms with E-state index in [0.29, 0.717) is 28.2 Å². The number of hydrogen-bond acceptors (Lipinski definition) is 5. The molecule has 0 aliphatic carbocycles. The molecule has 1 heterocycles. The summed E-state index contributed by atoms with van der Waals surface area (Å²) in [6, 6.07) is 19.0. The molecule has 0 saturated carbocycles.